The number of nitrogens with zero attached hydrogens (tertiary/aromatic N) is 2. The maximum atomic E-state index is 12.6. The molecule has 0 saturated carbocycles. The van der Waals surface area contributed by atoms with Crippen LogP contribution in [-0.2, 0) is 25.5 Å². The Morgan fingerprint density at radius 1 is 1.30 bits per heavy atom. The minimum atomic E-state index is -0.419. The maximum absolute atomic E-state index is 12.6. The summed E-state index contributed by atoms with van der Waals surface area (Å²) in [6, 6.07) is 3.51. The van der Waals surface area contributed by atoms with Crippen LogP contribution in [0.2, 0.25) is 0 Å². The monoisotopic (exact) mass is 322 g/mol. The molecule has 7 heteroatoms. The van der Waals surface area contributed by atoms with Gasteiger partial charge in [0.25, 0.3) is 0 Å². The lowest BCUT2D eigenvalue weighted by Gasteiger charge is -2.33. The highest BCUT2D eigenvalue weighted by Crippen LogP contribution is 2.17. The molecule has 1 amide bonds. The molecule has 1 saturated heterocycles. The first-order chi connectivity index (χ1) is 11.1. The molecule has 23 heavy (non-hydrogen) atoms. The predicted molar refractivity (Wildman–Crippen MR) is 82.1 cm³/mol. The number of hydrogen-bond acceptors (Lipinski definition) is 6. The zero-order valence-electron chi connectivity index (χ0n) is 13.5. The first-order valence-electron chi connectivity index (χ1n) is 7.57. The maximum Gasteiger partial charge on any atom is 0.325 e. The number of esters is 1. The Hall–Kier alpha value is -2.15. The van der Waals surface area contributed by atoms with Gasteiger partial charge in [0.1, 0.15) is 6.54 Å². The van der Waals surface area contributed by atoms with Gasteiger partial charge < -0.3 is 19.1 Å². The molecule has 0 atom stereocenters. The lowest BCUT2D eigenvalue weighted by Crippen LogP contribution is -2.46. The van der Waals surface area contributed by atoms with Gasteiger partial charge in [-0.25, -0.2) is 4.98 Å². The van der Waals surface area contributed by atoms with Crippen LogP contribution in [0.1, 0.15) is 18.4 Å². The number of carbonyl (C=O) groups excluding carboxylic acids is 2. The fraction of sp³-hybridized carbons (Fsp3) is 0.562. The lowest BCUT2D eigenvalue weighted by atomic mass is 10.1. The molecule has 1 aliphatic heterocycles. The number of rotatable bonds is 6. The van der Waals surface area contributed by atoms with E-state index in [-0.39, 0.29) is 24.9 Å². The average Bonchev–Trinajstić information content (AvgIpc) is 2.60. The smallest absolute Gasteiger partial charge is 0.325 e. The minimum absolute atomic E-state index is 0.00144. The highest BCUT2D eigenvalue weighted by molar-refractivity contribution is 5.83. The third kappa shape index (κ3) is 4.92. The normalized spacial score (nSPS) is 15.0. The summed E-state index contributed by atoms with van der Waals surface area (Å²) < 4.78 is 15.0. The van der Waals surface area contributed by atoms with Crippen LogP contribution < -0.4 is 4.74 Å². The molecule has 0 unspecified atom stereocenters. The quantitative estimate of drug-likeness (QED) is 0.721. The van der Waals surface area contributed by atoms with Crippen LogP contribution >= 0.6 is 0 Å². The first kappa shape index (κ1) is 17.2. The molecule has 126 valence electrons. The third-order valence-electron chi connectivity index (χ3n) is 3.84. The molecule has 2 heterocycles. The lowest BCUT2D eigenvalue weighted by molar-refractivity contribution is -0.149. The Bertz CT molecular complexity index is 526. The Morgan fingerprint density at radius 3 is 2.61 bits per heavy atom. The summed E-state index contributed by atoms with van der Waals surface area (Å²) in [4.78, 5) is 30.0. The molecule has 0 spiro atoms. The summed E-state index contributed by atoms with van der Waals surface area (Å²) >= 11 is 0. The second-order valence-corrected chi connectivity index (χ2v) is 5.33. The van der Waals surface area contributed by atoms with E-state index in [1.807, 2.05) is 0 Å². The van der Waals surface area contributed by atoms with E-state index in [9.17, 15) is 9.59 Å². The number of amides is 1. The van der Waals surface area contributed by atoms with Gasteiger partial charge in [0.2, 0.25) is 11.8 Å². The third-order valence-corrected chi connectivity index (χ3v) is 3.84. The van der Waals surface area contributed by atoms with E-state index in [1.54, 1.807) is 23.2 Å². The van der Waals surface area contributed by atoms with Crippen LogP contribution in [0.25, 0.3) is 0 Å². The standard InChI is InChI=1S/C16H22N2O5/c1-21-14-4-3-12(10-17-14)9-15(19)18(11-16(20)22-2)13-5-7-23-8-6-13/h3-4,10,13H,5-9,11H2,1-2H3. The van der Waals surface area contributed by atoms with Crippen LogP contribution in [0, 0.1) is 0 Å². The van der Waals surface area contributed by atoms with Crippen molar-refractivity contribution in [3.8, 4) is 5.88 Å². The number of aromatic nitrogens is 1. The molecular formula is C16H22N2O5. The molecule has 0 bridgehead atoms. The summed E-state index contributed by atoms with van der Waals surface area (Å²) in [7, 11) is 2.86. The zero-order chi connectivity index (χ0) is 16.7. The topological polar surface area (TPSA) is 78.0 Å². The average molecular weight is 322 g/mol. The number of ether oxygens (including phenoxy) is 3. The summed E-state index contributed by atoms with van der Waals surface area (Å²) in [5.41, 5.74) is 0.776. The molecule has 2 rings (SSSR count). The second-order valence-electron chi connectivity index (χ2n) is 5.33. The molecule has 1 aromatic heterocycles. The van der Waals surface area contributed by atoms with E-state index in [0.29, 0.717) is 19.1 Å². The minimum Gasteiger partial charge on any atom is -0.481 e. The van der Waals surface area contributed by atoms with Gasteiger partial charge in [-0.2, -0.15) is 0 Å². The van der Waals surface area contributed by atoms with E-state index in [1.165, 1.54) is 14.2 Å². The molecule has 7 nitrogen and oxygen atoms in total. The van der Waals surface area contributed by atoms with Gasteiger partial charge in [0, 0.05) is 31.5 Å². The molecule has 0 aromatic carbocycles. The van der Waals surface area contributed by atoms with Crippen molar-refractivity contribution in [2.75, 3.05) is 34.0 Å². The summed E-state index contributed by atoms with van der Waals surface area (Å²) in [6.45, 7) is 1.16. The molecule has 0 radical (unpaired) electrons. The van der Waals surface area contributed by atoms with Crippen molar-refractivity contribution in [2.24, 2.45) is 0 Å². The van der Waals surface area contributed by atoms with E-state index in [2.05, 4.69) is 4.98 Å². The van der Waals surface area contributed by atoms with Crippen molar-refractivity contribution in [2.45, 2.75) is 25.3 Å². The van der Waals surface area contributed by atoms with Crippen LogP contribution in [0.5, 0.6) is 5.88 Å². The van der Waals surface area contributed by atoms with Crippen molar-refractivity contribution in [3.63, 3.8) is 0 Å². The second kappa shape index (κ2) is 8.47. The van der Waals surface area contributed by atoms with E-state index < -0.39 is 5.97 Å². The Morgan fingerprint density at radius 2 is 2.04 bits per heavy atom. The summed E-state index contributed by atoms with van der Waals surface area (Å²) in [5.74, 6) is -0.0380. The largest absolute Gasteiger partial charge is 0.481 e. The highest BCUT2D eigenvalue weighted by Gasteiger charge is 2.28. The first-order valence-corrected chi connectivity index (χ1v) is 7.57. The molecule has 1 aromatic rings. The van der Waals surface area contributed by atoms with Crippen LogP contribution in [0.4, 0.5) is 0 Å². The van der Waals surface area contributed by atoms with Crippen LogP contribution in [0.3, 0.4) is 0 Å². The highest BCUT2D eigenvalue weighted by atomic mass is 16.5. The number of methoxy groups -OCH3 is 2. The fourth-order valence-electron chi connectivity index (χ4n) is 2.53. The van der Waals surface area contributed by atoms with Gasteiger partial charge >= 0.3 is 5.97 Å². The van der Waals surface area contributed by atoms with Crippen molar-refractivity contribution in [3.05, 3.63) is 23.9 Å². The fourth-order valence-corrected chi connectivity index (χ4v) is 2.53. The molecule has 0 N–H and O–H groups in total. The Kier molecular flexibility index (Phi) is 6.34. The van der Waals surface area contributed by atoms with Gasteiger partial charge in [-0.1, -0.05) is 6.07 Å². The Labute approximate surface area is 135 Å². The van der Waals surface area contributed by atoms with Gasteiger partial charge in [-0.15, -0.1) is 0 Å². The Balaban J connectivity index is 2.06. The van der Waals surface area contributed by atoms with Gasteiger partial charge in [0.15, 0.2) is 0 Å². The summed E-state index contributed by atoms with van der Waals surface area (Å²) in [5, 5.41) is 0. The number of hydrogen-bond donors (Lipinski definition) is 0. The summed E-state index contributed by atoms with van der Waals surface area (Å²) in [6.07, 6.45) is 3.25. The zero-order valence-corrected chi connectivity index (χ0v) is 13.5. The van der Waals surface area contributed by atoms with Gasteiger partial charge in [-0.05, 0) is 18.4 Å². The molecular weight excluding hydrogens is 300 g/mol. The van der Waals surface area contributed by atoms with E-state index in [4.69, 9.17) is 14.2 Å². The molecule has 1 aliphatic rings. The molecule has 0 aliphatic carbocycles. The van der Waals surface area contributed by atoms with Crippen molar-refractivity contribution in [1.82, 2.24) is 9.88 Å². The molecule has 1 fully saturated rings. The van der Waals surface area contributed by atoms with Gasteiger partial charge in [0.05, 0.1) is 20.6 Å². The van der Waals surface area contributed by atoms with Crippen molar-refractivity contribution < 1.29 is 23.8 Å². The predicted octanol–water partition coefficient (Wildman–Crippen LogP) is 0.813. The van der Waals surface area contributed by atoms with Crippen molar-refractivity contribution in [1.29, 1.82) is 0 Å². The van der Waals surface area contributed by atoms with Gasteiger partial charge in [-0.3, -0.25) is 9.59 Å². The van der Waals surface area contributed by atoms with Crippen LogP contribution in [0.15, 0.2) is 18.3 Å². The number of carbonyl (C=O) groups is 2. The SMILES string of the molecule is COC(=O)CN(C(=O)Cc1ccc(OC)nc1)C1CCOCC1. The van der Waals surface area contributed by atoms with E-state index >= 15 is 0 Å². The van der Waals surface area contributed by atoms with Crippen LogP contribution in [-0.4, -0.2) is 61.8 Å². The number of pyridine rings is 1. The van der Waals surface area contributed by atoms with E-state index in [0.717, 1.165) is 18.4 Å². The van der Waals surface area contributed by atoms with Crippen molar-refractivity contribution >= 4 is 11.9 Å².